The van der Waals surface area contributed by atoms with E-state index < -0.39 is 11.4 Å². The van der Waals surface area contributed by atoms with Crippen molar-refractivity contribution in [2.75, 3.05) is 7.11 Å². The number of carbonyl (C=O) groups excluding carboxylic acids is 2. The van der Waals surface area contributed by atoms with Crippen LogP contribution in [0.4, 0.5) is 0 Å². The molecule has 0 spiro atoms. The maximum Gasteiger partial charge on any atom is 0.243 e. The van der Waals surface area contributed by atoms with E-state index in [4.69, 9.17) is 10.5 Å². The third-order valence-electron chi connectivity index (χ3n) is 2.80. The summed E-state index contributed by atoms with van der Waals surface area (Å²) >= 11 is 0. The normalized spacial score (nSPS) is 13.4. The van der Waals surface area contributed by atoms with E-state index >= 15 is 0 Å². The van der Waals surface area contributed by atoms with Gasteiger partial charge in [-0.2, -0.15) is 0 Å². The first-order valence-corrected chi connectivity index (χ1v) is 5.73. The molecular weight excluding hydrogens is 248 g/mol. The van der Waals surface area contributed by atoms with Crippen molar-refractivity contribution < 1.29 is 19.4 Å². The fraction of sp³-hybridized carbons (Fsp3) is 0.385. The van der Waals surface area contributed by atoms with Crippen molar-refractivity contribution in [3.63, 3.8) is 0 Å². The quantitative estimate of drug-likeness (QED) is 0.714. The molecule has 104 valence electrons. The molecule has 2 amide bonds. The lowest BCUT2D eigenvalue weighted by molar-refractivity contribution is -0.130. The topological polar surface area (TPSA) is 102 Å². The van der Waals surface area contributed by atoms with E-state index in [0.717, 1.165) is 0 Å². The van der Waals surface area contributed by atoms with Gasteiger partial charge in [-0.1, -0.05) is 6.07 Å². The molecule has 1 rings (SSSR count). The van der Waals surface area contributed by atoms with Gasteiger partial charge in [0.25, 0.3) is 0 Å². The predicted molar refractivity (Wildman–Crippen MR) is 69.8 cm³/mol. The standard InChI is InChI=1S/C13H18N2O4/c1-8(16)15-13(2,12(14)18)7-9-4-5-10(17)11(6-9)19-3/h4-6,17H,7H2,1-3H3,(H2,14,18)(H,15,16). The third kappa shape index (κ3) is 3.61. The molecule has 0 heterocycles. The summed E-state index contributed by atoms with van der Waals surface area (Å²) in [6.07, 6.45) is 0.207. The Morgan fingerprint density at radius 2 is 2.11 bits per heavy atom. The van der Waals surface area contributed by atoms with Gasteiger partial charge in [0.1, 0.15) is 5.54 Å². The molecule has 0 radical (unpaired) electrons. The highest BCUT2D eigenvalue weighted by atomic mass is 16.5. The van der Waals surface area contributed by atoms with E-state index in [1.807, 2.05) is 0 Å². The Labute approximate surface area is 111 Å². The van der Waals surface area contributed by atoms with Crippen LogP contribution in [-0.4, -0.2) is 29.6 Å². The van der Waals surface area contributed by atoms with Gasteiger partial charge in [0.15, 0.2) is 11.5 Å². The van der Waals surface area contributed by atoms with E-state index in [-0.39, 0.29) is 18.1 Å². The molecule has 0 aliphatic heterocycles. The van der Waals surface area contributed by atoms with Gasteiger partial charge in [0.2, 0.25) is 11.8 Å². The maximum absolute atomic E-state index is 11.5. The van der Waals surface area contributed by atoms with Gasteiger partial charge in [-0.15, -0.1) is 0 Å². The van der Waals surface area contributed by atoms with Gasteiger partial charge in [-0.3, -0.25) is 9.59 Å². The molecule has 1 aromatic carbocycles. The second-order valence-electron chi connectivity index (χ2n) is 4.56. The van der Waals surface area contributed by atoms with E-state index in [1.54, 1.807) is 19.1 Å². The second kappa shape index (κ2) is 5.60. The molecule has 19 heavy (non-hydrogen) atoms. The first kappa shape index (κ1) is 14.8. The average Bonchev–Trinajstić information content (AvgIpc) is 2.30. The zero-order valence-corrected chi connectivity index (χ0v) is 11.2. The fourth-order valence-electron chi connectivity index (χ4n) is 1.82. The number of methoxy groups -OCH3 is 1. The van der Waals surface area contributed by atoms with Crippen LogP contribution in [0.25, 0.3) is 0 Å². The number of aromatic hydroxyl groups is 1. The first-order valence-electron chi connectivity index (χ1n) is 5.73. The highest BCUT2D eigenvalue weighted by molar-refractivity contribution is 5.89. The highest BCUT2D eigenvalue weighted by Gasteiger charge is 2.32. The van der Waals surface area contributed by atoms with Crippen LogP contribution in [0.2, 0.25) is 0 Å². The predicted octanol–water partition coefficient (Wildman–Crippen LogP) is 0.323. The van der Waals surface area contributed by atoms with Crippen LogP contribution in [0.5, 0.6) is 11.5 Å². The molecule has 0 saturated heterocycles. The monoisotopic (exact) mass is 266 g/mol. The molecule has 0 saturated carbocycles. The van der Waals surface area contributed by atoms with Gasteiger partial charge in [-0.05, 0) is 24.6 Å². The summed E-state index contributed by atoms with van der Waals surface area (Å²) in [4.78, 5) is 22.7. The summed E-state index contributed by atoms with van der Waals surface area (Å²) in [5, 5.41) is 12.0. The molecular formula is C13H18N2O4. The number of rotatable bonds is 5. The highest BCUT2D eigenvalue weighted by Crippen LogP contribution is 2.27. The summed E-state index contributed by atoms with van der Waals surface area (Å²) < 4.78 is 4.99. The van der Waals surface area contributed by atoms with E-state index in [1.165, 1.54) is 20.1 Å². The summed E-state index contributed by atoms with van der Waals surface area (Å²) in [6.45, 7) is 2.87. The molecule has 4 N–H and O–H groups in total. The van der Waals surface area contributed by atoms with Gasteiger partial charge >= 0.3 is 0 Å². The minimum atomic E-state index is -1.19. The number of nitrogens with one attached hydrogen (secondary N) is 1. The molecule has 6 nitrogen and oxygen atoms in total. The summed E-state index contributed by atoms with van der Waals surface area (Å²) in [6, 6.07) is 4.70. The van der Waals surface area contributed by atoms with Crippen LogP contribution >= 0.6 is 0 Å². The number of amides is 2. The molecule has 1 unspecified atom stereocenters. The number of hydrogen-bond acceptors (Lipinski definition) is 4. The number of phenolic OH excluding ortho intramolecular Hbond substituents is 1. The lowest BCUT2D eigenvalue weighted by atomic mass is 9.91. The fourth-order valence-corrected chi connectivity index (χ4v) is 1.82. The van der Waals surface area contributed by atoms with E-state index in [0.29, 0.717) is 11.3 Å². The summed E-state index contributed by atoms with van der Waals surface area (Å²) in [7, 11) is 1.43. The van der Waals surface area contributed by atoms with Crippen molar-refractivity contribution in [1.82, 2.24) is 5.32 Å². The zero-order valence-electron chi connectivity index (χ0n) is 11.2. The van der Waals surface area contributed by atoms with E-state index in [9.17, 15) is 14.7 Å². The number of carbonyl (C=O) groups is 2. The van der Waals surface area contributed by atoms with Crippen molar-refractivity contribution in [3.05, 3.63) is 23.8 Å². The van der Waals surface area contributed by atoms with Crippen molar-refractivity contribution in [2.24, 2.45) is 5.73 Å². The Balaban J connectivity index is 3.03. The molecule has 0 aliphatic rings. The first-order chi connectivity index (χ1) is 8.78. The minimum absolute atomic E-state index is 0.00607. The SMILES string of the molecule is COc1cc(CC(C)(NC(C)=O)C(N)=O)ccc1O. The van der Waals surface area contributed by atoms with Gasteiger partial charge < -0.3 is 20.9 Å². The molecule has 0 aromatic heterocycles. The Kier molecular flexibility index (Phi) is 4.37. The number of ether oxygens (including phenoxy) is 1. The number of benzene rings is 1. The van der Waals surface area contributed by atoms with E-state index in [2.05, 4.69) is 5.32 Å². The van der Waals surface area contributed by atoms with Gasteiger partial charge in [0, 0.05) is 13.3 Å². The lowest BCUT2D eigenvalue weighted by Crippen LogP contribution is -2.56. The number of nitrogens with two attached hydrogens (primary N) is 1. The van der Waals surface area contributed by atoms with Gasteiger partial charge in [-0.25, -0.2) is 0 Å². The van der Waals surface area contributed by atoms with Crippen molar-refractivity contribution in [1.29, 1.82) is 0 Å². The van der Waals surface area contributed by atoms with Crippen LogP contribution in [0.3, 0.4) is 0 Å². The largest absolute Gasteiger partial charge is 0.504 e. The number of hydrogen-bond donors (Lipinski definition) is 3. The number of phenols is 1. The Hall–Kier alpha value is -2.24. The molecule has 1 atom stereocenters. The van der Waals surface area contributed by atoms with Crippen LogP contribution in [0, 0.1) is 0 Å². The van der Waals surface area contributed by atoms with Crippen LogP contribution in [0.1, 0.15) is 19.4 Å². The van der Waals surface area contributed by atoms with Crippen molar-refractivity contribution in [3.8, 4) is 11.5 Å². The van der Waals surface area contributed by atoms with Crippen LogP contribution in [0.15, 0.2) is 18.2 Å². The van der Waals surface area contributed by atoms with Crippen LogP contribution in [-0.2, 0) is 16.0 Å². The average molecular weight is 266 g/mol. The summed E-state index contributed by atoms with van der Waals surface area (Å²) in [5.41, 5.74) is 4.86. The minimum Gasteiger partial charge on any atom is -0.504 e. The van der Waals surface area contributed by atoms with Crippen molar-refractivity contribution in [2.45, 2.75) is 25.8 Å². The van der Waals surface area contributed by atoms with Crippen LogP contribution < -0.4 is 15.8 Å². The molecule has 1 aromatic rings. The van der Waals surface area contributed by atoms with Crippen molar-refractivity contribution >= 4 is 11.8 Å². The Morgan fingerprint density at radius 3 is 2.58 bits per heavy atom. The second-order valence-corrected chi connectivity index (χ2v) is 4.56. The third-order valence-corrected chi connectivity index (χ3v) is 2.80. The molecule has 0 bridgehead atoms. The molecule has 6 heteroatoms. The van der Waals surface area contributed by atoms with Gasteiger partial charge in [0.05, 0.1) is 7.11 Å². The lowest BCUT2D eigenvalue weighted by Gasteiger charge is -2.27. The Bertz CT molecular complexity index is 501. The molecule has 0 fully saturated rings. The smallest absolute Gasteiger partial charge is 0.243 e. The molecule has 0 aliphatic carbocycles. The maximum atomic E-state index is 11.5. The Morgan fingerprint density at radius 1 is 1.47 bits per heavy atom. The summed E-state index contributed by atoms with van der Waals surface area (Å²) in [5.74, 6) is -0.666. The number of primary amides is 1. The zero-order chi connectivity index (χ0) is 14.6.